The molecule has 136 valence electrons. The molecule has 0 saturated heterocycles. The van der Waals surface area contributed by atoms with Crippen LogP contribution >= 0.6 is 0 Å². The number of carbonyl (C=O) groups is 2. The lowest BCUT2D eigenvalue weighted by Crippen LogP contribution is -2.20. The quantitative estimate of drug-likeness (QED) is 0.336. The van der Waals surface area contributed by atoms with Crippen LogP contribution in [0.25, 0.3) is 0 Å². The molecule has 0 saturated carbocycles. The van der Waals surface area contributed by atoms with Gasteiger partial charge in [0.15, 0.2) is 0 Å². The minimum Gasteiger partial charge on any atom is -0.465 e. The maximum absolute atomic E-state index is 11.9. The first kappa shape index (κ1) is 21.9. The van der Waals surface area contributed by atoms with Gasteiger partial charge in [-0.15, -0.1) is 0 Å². The molecule has 0 unspecified atom stereocenters. The van der Waals surface area contributed by atoms with E-state index in [1.165, 1.54) is 0 Å². The Kier molecular flexibility index (Phi) is 13.9. The Balaban J connectivity index is 3.85. The van der Waals surface area contributed by atoms with E-state index in [0.717, 1.165) is 51.4 Å². The summed E-state index contributed by atoms with van der Waals surface area (Å²) in [7, 11) is 0. The minimum atomic E-state index is -0.110. The summed E-state index contributed by atoms with van der Waals surface area (Å²) in [5.41, 5.74) is 0. The van der Waals surface area contributed by atoms with Crippen LogP contribution in [0.2, 0.25) is 0 Å². The molecular formula is C19H36O4. The van der Waals surface area contributed by atoms with Crippen molar-refractivity contribution in [3.05, 3.63) is 0 Å². The maximum Gasteiger partial charge on any atom is 0.308 e. The Hall–Kier alpha value is -1.06. The molecule has 0 bridgehead atoms. The van der Waals surface area contributed by atoms with Crippen molar-refractivity contribution in [1.82, 2.24) is 0 Å². The second-order valence-corrected chi connectivity index (χ2v) is 6.18. The van der Waals surface area contributed by atoms with Crippen LogP contribution in [-0.2, 0) is 19.1 Å². The molecule has 2 atom stereocenters. The van der Waals surface area contributed by atoms with Gasteiger partial charge in [0, 0.05) is 6.42 Å². The fourth-order valence-electron chi connectivity index (χ4n) is 2.52. The zero-order chi connectivity index (χ0) is 17.5. The van der Waals surface area contributed by atoms with E-state index in [0.29, 0.717) is 19.6 Å². The summed E-state index contributed by atoms with van der Waals surface area (Å²) in [6.45, 7) is 8.95. The van der Waals surface area contributed by atoms with Crippen molar-refractivity contribution < 1.29 is 19.1 Å². The molecule has 0 amide bonds. The van der Waals surface area contributed by atoms with Crippen LogP contribution < -0.4 is 0 Å². The van der Waals surface area contributed by atoms with Gasteiger partial charge in [0.1, 0.15) is 0 Å². The lowest BCUT2D eigenvalue weighted by atomic mass is 10.00. The minimum absolute atomic E-state index is 0.0102. The van der Waals surface area contributed by atoms with Crippen LogP contribution in [0.15, 0.2) is 0 Å². The van der Waals surface area contributed by atoms with Crippen LogP contribution in [0.5, 0.6) is 0 Å². The number of esters is 2. The van der Waals surface area contributed by atoms with Gasteiger partial charge in [-0.2, -0.15) is 0 Å². The average Bonchev–Trinajstić information content (AvgIpc) is 2.55. The Morgan fingerprint density at radius 3 is 1.39 bits per heavy atom. The highest BCUT2D eigenvalue weighted by atomic mass is 16.5. The Bertz CT molecular complexity index is 284. The predicted molar refractivity (Wildman–Crippen MR) is 93.1 cm³/mol. The Morgan fingerprint density at radius 2 is 1.09 bits per heavy atom. The second-order valence-electron chi connectivity index (χ2n) is 6.18. The van der Waals surface area contributed by atoms with Gasteiger partial charge < -0.3 is 9.47 Å². The van der Waals surface area contributed by atoms with Crippen LogP contribution in [0.4, 0.5) is 0 Å². The van der Waals surface area contributed by atoms with Crippen molar-refractivity contribution in [3.63, 3.8) is 0 Å². The standard InChI is InChI=1S/C19H36O4/c1-5-9-12-16(7-3)18(20)22-14-11-15-23-19(21)17(8-4)13-10-6-2/h16-17H,5-15H2,1-4H3/t16-,17-/m0/s1. The van der Waals surface area contributed by atoms with E-state index in [1.54, 1.807) is 0 Å². The van der Waals surface area contributed by atoms with Gasteiger partial charge in [0.2, 0.25) is 0 Å². The molecule has 0 aromatic carbocycles. The van der Waals surface area contributed by atoms with Crippen molar-refractivity contribution in [2.45, 2.75) is 85.5 Å². The van der Waals surface area contributed by atoms with E-state index < -0.39 is 0 Å². The summed E-state index contributed by atoms with van der Waals surface area (Å²) >= 11 is 0. The highest BCUT2D eigenvalue weighted by Crippen LogP contribution is 2.15. The first-order chi connectivity index (χ1) is 11.1. The lowest BCUT2D eigenvalue weighted by Gasteiger charge is -2.15. The van der Waals surface area contributed by atoms with E-state index >= 15 is 0 Å². The zero-order valence-electron chi connectivity index (χ0n) is 15.6. The van der Waals surface area contributed by atoms with Crippen molar-refractivity contribution in [1.29, 1.82) is 0 Å². The Labute approximate surface area is 142 Å². The van der Waals surface area contributed by atoms with Gasteiger partial charge in [-0.05, 0) is 25.7 Å². The Morgan fingerprint density at radius 1 is 0.696 bits per heavy atom. The highest BCUT2D eigenvalue weighted by Gasteiger charge is 2.18. The summed E-state index contributed by atoms with van der Waals surface area (Å²) in [6.07, 6.45) is 8.32. The maximum atomic E-state index is 11.9. The van der Waals surface area contributed by atoms with E-state index in [9.17, 15) is 9.59 Å². The summed E-state index contributed by atoms with van der Waals surface area (Å²) in [6, 6.07) is 0. The lowest BCUT2D eigenvalue weighted by molar-refractivity contribution is -0.151. The van der Waals surface area contributed by atoms with E-state index in [1.807, 2.05) is 13.8 Å². The first-order valence-electron chi connectivity index (χ1n) is 9.43. The third kappa shape index (κ3) is 10.4. The predicted octanol–water partition coefficient (Wildman–Crippen LogP) is 4.90. The smallest absolute Gasteiger partial charge is 0.308 e. The van der Waals surface area contributed by atoms with Gasteiger partial charge >= 0.3 is 11.9 Å². The van der Waals surface area contributed by atoms with E-state index in [4.69, 9.17) is 9.47 Å². The molecular weight excluding hydrogens is 292 g/mol. The normalized spacial score (nSPS) is 13.4. The molecule has 0 radical (unpaired) electrons. The molecule has 4 heteroatoms. The largest absolute Gasteiger partial charge is 0.465 e. The molecule has 0 aliphatic carbocycles. The average molecular weight is 328 g/mol. The number of hydrogen-bond acceptors (Lipinski definition) is 4. The molecule has 0 aliphatic rings. The van der Waals surface area contributed by atoms with E-state index in [2.05, 4.69) is 13.8 Å². The molecule has 4 nitrogen and oxygen atoms in total. The van der Waals surface area contributed by atoms with Crippen molar-refractivity contribution in [2.75, 3.05) is 13.2 Å². The van der Waals surface area contributed by atoms with Crippen LogP contribution in [0.1, 0.15) is 85.5 Å². The topological polar surface area (TPSA) is 52.6 Å². The van der Waals surface area contributed by atoms with Crippen LogP contribution in [0.3, 0.4) is 0 Å². The molecule has 0 aromatic rings. The fourth-order valence-corrected chi connectivity index (χ4v) is 2.52. The van der Waals surface area contributed by atoms with Crippen molar-refractivity contribution in [3.8, 4) is 0 Å². The van der Waals surface area contributed by atoms with Gasteiger partial charge in [-0.1, -0.05) is 53.4 Å². The monoisotopic (exact) mass is 328 g/mol. The number of rotatable bonds is 14. The molecule has 0 fully saturated rings. The molecule has 0 aliphatic heterocycles. The number of unbranched alkanes of at least 4 members (excludes halogenated alkanes) is 2. The summed E-state index contributed by atoms with van der Waals surface area (Å²) in [4.78, 5) is 23.8. The molecule has 0 rings (SSSR count). The SMILES string of the molecule is CCCC[C@H](CC)C(=O)OCCCOC(=O)[C@@H](CC)CCCC. The van der Waals surface area contributed by atoms with Gasteiger partial charge in [0.25, 0.3) is 0 Å². The zero-order valence-corrected chi connectivity index (χ0v) is 15.6. The highest BCUT2D eigenvalue weighted by molar-refractivity contribution is 5.72. The molecule has 0 aromatic heterocycles. The van der Waals surface area contributed by atoms with Crippen molar-refractivity contribution in [2.24, 2.45) is 11.8 Å². The number of hydrogen-bond donors (Lipinski definition) is 0. The summed E-state index contributed by atoms with van der Waals surface area (Å²) < 4.78 is 10.6. The molecule has 0 heterocycles. The number of ether oxygens (including phenoxy) is 2. The third-order valence-corrected chi connectivity index (χ3v) is 4.24. The number of carbonyl (C=O) groups excluding carboxylic acids is 2. The molecule has 23 heavy (non-hydrogen) atoms. The van der Waals surface area contributed by atoms with Gasteiger partial charge in [-0.25, -0.2) is 0 Å². The fraction of sp³-hybridized carbons (Fsp3) is 0.895. The second kappa shape index (κ2) is 14.5. The first-order valence-corrected chi connectivity index (χ1v) is 9.43. The van der Waals surface area contributed by atoms with Crippen LogP contribution in [-0.4, -0.2) is 25.2 Å². The third-order valence-electron chi connectivity index (χ3n) is 4.24. The molecule has 0 N–H and O–H groups in total. The van der Waals surface area contributed by atoms with E-state index in [-0.39, 0.29) is 23.8 Å². The molecule has 0 spiro atoms. The summed E-state index contributed by atoms with van der Waals surface area (Å²) in [5, 5.41) is 0. The van der Waals surface area contributed by atoms with Crippen molar-refractivity contribution >= 4 is 11.9 Å². The van der Waals surface area contributed by atoms with Gasteiger partial charge in [-0.3, -0.25) is 9.59 Å². The van der Waals surface area contributed by atoms with Crippen LogP contribution in [0, 0.1) is 11.8 Å². The van der Waals surface area contributed by atoms with Gasteiger partial charge in [0.05, 0.1) is 25.0 Å². The summed E-state index contributed by atoms with van der Waals surface area (Å²) in [5.74, 6) is -0.199.